The average Bonchev–Trinajstić information content (AvgIpc) is 3.53. The number of fused-ring (bicyclic) bond motifs is 2. The summed E-state index contributed by atoms with van der Waals surface area (Å²) in [5.74, 6) is 2.69. The lowest BCUT2D eigenvalue weighted by Gasteiger charge is -2.41. The maximum atomic E-state index is 6.00. The standard InChI is InChI=1S/C27H25N9O2/c1-17-7-19(4-6-22(17)38-24-10-23-34-31-16-36(23)15-30-24)32-26-20-8-18(3-5-21(20)28-14-29-26)9-25-33-27(13-37-25)11-35(2)12-27/h3-8,10,14-16H,9,11-13H2,1-2H3,(H,28,29,32). The van der Waals surface area contributed by atoms with Crippen LogP contribution in [0.3, 0.4) is 0 Å². The molecule has 190 valence electrons. The van der Waals surface area contributed by atoms with Gasteiger partial charge in [0.05, 0.1) is 5.52 Å². The minimum atomic E-state index is -0.0518. The fourth-order valence-corrected chi connectivity index (χ4v) is 5.10. The number of hydrogen-bond acceptors (Lipinski definition) is 10. The minimum Gasteiger partial charge on any atom is -0.478 e. The van der Waals surface area contributed by atoms with Gasteiger partial charge in [-0.2, -0.15) is 0 Å². The van der Waals surface area contributed by atoms with E-state index >= 15 is 0 Å². The number of likely N-dealkylation sites (tertiary alicyclic amines) is 1. The first-order valence-electron chi connectivity index (χ1n) is 12.4. The SMILES string of the molecule is Cc1cc(Nc2ncnc3ccc(CC4=NC5(CO4)CN(C)C5)cc23)ccc1Oc1cc2nncn2cn1. The van der Waals surface area contributed by atoms with Crippen molar-refractivity contribution < 1.29 is 9.47 Å². The summed E-state index contributed by atoms with van der Waals surface area (Å²) >= 11 is 0. The second-order valence-electron chi connectivity index (χ2n) is 9.97. The Bertz CT molecular complexity index is 1710. The summed E-state index contributed by atoms with van der Waals surface area (Å²) < 4.78 is 13.7. The second-order valence-corrected chi connectivity index (χ2v) is 9.97. The van der Waals surface area contributed by atoms with E-state index in [1.165, 1.54) is 0 Å². The zero-order valence-electron chi connectivity index (χ0n) is 21.0. The van der Waals surface area contributed by atoms with E-state index in [9.17, 15) is 0 Å². The number of nitrogens with one attached hydrogen (secondary N) is 1. The molecule has 2 aliphatic rings. The van der Waals surface area contributed by atoms with E-state index in [0.717, 1.165) is 52.5 Å². The van der Waals surface area contributed by atoms with Crippen LogP contribution in [0.4, 0.5) is 11.5 Å². The molecule has 0 radical (unpaired) electrons. The molecule has 1 fully saturated rings. The number of aryl methyl sites for hydroxylation is 1. The topological polar surface area (TPSA) is 115 Å². The molecule has 5 aromatic rings. The lowest BCUT2D eigenvalue weighted by Crippen LogP contribution is -2.59. The molecule has 1 saturated heterocycles. The van der Waals surface area contributed by atoms with Gasteiger partial charge in [0.15, 0.2) is 11.5 Å². The highest BCUT2D eigenvalue weighted by Gasteiger charge is 2.45. The molecule has 11 nitrogen and oxygen atoms in total. The lowest BCUT2D eigenvalue weighted by molar-refractivity contribution is 0.0752. The molecule has 1 N–H and O–H groups in total. The maximum absolute atomic E-state index is 6.00. The Hall–Kier alpha value is -4.64. The van der Waals surface area contributed by atoms with E-state index in [0.29, 0.717) is 30.3 Å². The van der Waals surface area contributed by atoms with Crippen LogP contribution in [0.2, 0.25) is 0 Å². The van der Waals surface area contributed by atoms with Crippen LogP contribution in [0.25, 0.3) is 16.6 Å². The Morgan fingerprint density at radius 1 is 1.05 bits per heavy atom. The summed E-state index contributed by atoms with van der Waals surface area (Å²) in [5, 5.41) is 12.3. The van der Waals surface area contributed by atoms with Crippen LogP contribution in [0.15, 0.2) is 66.4 Å². The largest absolute Gasteiger partial charge is 0.478 e. The molecule has 0 amide bonds. The Labute approximate surface area is 218 Å². The van der Waals surface area contributed by atoms with Crippen molar-refractivity contribution in [2.45, 2.75) is 18.9 Å². The fraction of sp³-hybridized carbons (Fsp3) is 0.259. The highest BCUT2D eigenvalue weighted by Crippen LogP contribution is 2.31. The van der Waals surface area contributed by atoms with Gasteiger partial charge in [0.2, 0.25) is 5.88 Å². The van der Waals surface area contributed by atoms with E-state index in [-0.39, 0.29) is 5.54 Å². The molecule has 1 spiro atoms. The van der Waals surface area contributed by atoms with Crippen LogP contribution in [-0.4, -0.2) is 72.6 Å². The first-order chi connectivity index (χ1) is 18.5. The quantitative estimate of drug-likeness (QED) is 0.368. The van der Waals surface area contributed by atoms with Crippen molar-refractivity contribution in [2.24, 2.45) is 4.99 Å². The van der Waals surface area contributed by atoms with Gasteiger partial charge in [-0.1, -0.05) is 6.07 Å². The minimum absolute atomic E-state index is 0.0518. The first-order valence-corrected chi connectivity index (χ1v) is 12.4. The van der Waals surface area contributed by atoms with Crippen LogP contribution in [0.1, 0.15) is 11.1 Å². The summed E-state index contributed by atoms with van der Waals surface area (Å²) in [5.41, 5.74) is 4.43. The van der Waals surface area contributed by atoms with Crippen molar-refractivity contribution in [2.75, 3.05) is 32.1 Å². The molecule has 2 aromatic carbocycles. The van der Waals surface area contributed by atoms with Crippen LogP contribution < -0.4 is 10.1 Å². The Morgan fingerprint density at radius 2 is 1.97 bits per heavy atom. The van der Waals surface area contributed by atoms with E-state index in [1.807, 2.05) is 31.2 Å². The molecule has 0 atom stereocenters. The molecule has 7 rings (SSSR count). The number of benzene rings is 2. The van der Waals surface area contributed by atoms with Gasteiger partial charge >= 0.3 is 0 Å². The van der Waals surface area contributed by atoms with Gasteiger partial charge in [0.25, 0.3) is 0 Å². The predicted octanol–water partition coefficient (Wildman–Crippen LogP) is 3.57. The van der Waals surface area contributed by atoms with Crippen molar-refractivity contribution in [3.8, 4) is 11.6 Å². The van der Waals surface area contributed by atoms with Crippen LogP contribution in [-0.2, 0) is 11.2 Å². The zero-order valence-corrected chi connectivity index (χ0v) is 21.0. The molecule has 0 bridgehead atoms. The number of hydrogen-bond donors (Lipinski definition) is 1. The Morgan fingerprint density at radius 3 is 2.84 bits per heavy atom. The van der Waals surface area contributed by atoms with E-state index in [4.69, 9.17) is 14.5 Å². The van der Waals surface area contributed by atoms with Gasteiger partial charge in [-0.25, -0.2) is 19.9 Å². The monoisotopic (exact) mass is 507 g/mol. The van der Waals surface area contributed by atoms with Crippen molar-refractivity contribution in [3.05, 3.63) is 72.6 Å². The summed E-state index contributed by atoms with van der Waals surface area (Å²) in [7, 11) is 2.11. The number of anilines is 2. The smallest absolute Gasteiger partial charge is 0.224 e. The molecule has 0 aliphatic carbocycles. The van der Waals surface area contributed by atoms with Crippen molar-refractivity contribution in [1.82, 2.24) is 34.4 Å². The van der Waals surface area contributed by atoms with Gasteiger partial charge in [0, 0.05) is 36.7 Å². The molecule has 5 heterocycles. The molecule has 38 heavy (non-hydrogen) atoms. The average molecular weight is 508 g/mol. The molecule has 2 aliphatic heterocycles. The third kappa shape index (κ3) is 4.16. The van der Waals surface area contributed by atoms with Gasteiger partial charge in [-0.15, -0.1) is 10.2 Å². The fourth-order valence-electron chi connectivity index (χ4n) is 5.10. The van der Waals surface area contributed by atoms with E-state index in [1.54, 1.807) is 29.4 Å². The highest BCUT2D eigenvalue weighted by atomic mass is 16.5. The lowest BCUT2D eigenvalue weighted by atomic mass is 9.93. The molecular formula is C27H25N9O2. The number of likely N-dealkylation sites (N-methyl/N-ethyl adjacent to an activating group) is 1. The van der Waals surface area contributed by atoms with E-state index in [2.05, 4.69) is 54.5 Å². The molecule has 11 heteroatoms. The first kappa shape index (κ1) is 22.5. The molecule has 0 unspecified atom stereocenters. The van der Waals surface area contributed by atoms with Crippen molar-refractivity contribution in [1.29, 1.82) is 0 Å². The summed E-state index contributed by atoms with van der Waals surface area (Å²) in [6, 6.07) is 13.8. The maximum Gasteiger partial charge on any atom is 0.224 e. The van der Waals surface area contributed by atoms with Gasteiger partial charge in [0.1, 0.15) is 42.7 Å². The molecule has 0 saturated carbocycles. The van der Waals surface area contributed by atoms with Gasteiger partial charge in [-0.05, 0) is 55.4 Å². The van der Waals surface area contributed by atoms with Gasteiger partial charge < -0.3 is 19.7 Å². The summed E-state index contributed by atoms with van der Waals surface area (Å²) in [6.07, 6.45) is 5.44. The Balaban J connectivity index is 1.11. The third-order valence-electron chi connectivity index (χ3n) is 6.87. The van der Waals surface area contributed by atoms with Crippen molar-refractivity contribution in [3.63, 3.8) is 0 Å². The molecular weight excluding hydrogens is 482 g/mol. The van der Waals surface area contributed by atoms with Crippen LogP contribution in [0.5, 0.6) is 11.6 Å². The van der Waals surface area contributed by atoms with Crippen LogP contribution >= 0.6 is 0 Å². The van der Waals surface area contributed by atoms with E-state index < -0.39 is 0 Å². The summed E-state index contributed by atoms with van der Waals surface area (Å²) in [6.45, 7) is 4.56. The number of rotatable bonds is 6. The van der Waals surface area contributed by atoms with Crippen molar-refractivity contribution >= 4 is 34.0 Å². The normalized spacial score (nSPS) is 16.4. The number of aromatic nitrogens is 6. The predicted molar refractivity (Wildman–Crippen MR) is 142 cm³/mol. The third-order valence-corrected chi connectivity index (χ3v) is 6.87. The number of aliphatic imine (C=N–C) groups is 1. The highest BCUT2D eigenvalue weighted by molar-refractivity contribution is 5.92. The number of ether oxygens (including phenoxy) is 2. The Kier molecular flexibility index (Phi) is 5.18. The van der Waals surface area contributed by atoms with Gasteiger partial charge in [-0.3, -0.25) is 4.40 Å². The zero-order chi connectivity index (χ0) is 25.7. The second kappa shape index (κ2) is 8.73. The summed E-state index contributed by atoms with van der Waals surface area (Å²) in [4.78, 5) is 20.4. The molecule has 3 aromatic heterocycles. The number of nitrogens with zero attached hydrogens (tertiary/aromatic N) is 8. The van der Waals surface area contributed by atoms with Crippen LogP contribution in [0, 0.1) is 6.92 Å².